The maximum Gasteiger partial charge on any atom is 0.218 e. The van der Waals surface area contributed by atoms with Gasteiger partial charge in [0, 0.05) is 6.92 Å². The van der Waals surface area contributed by atoms with Gasteiger partial charge in [-0.05, 0) is 11.6 Å². The van der Waals surface area contributed by atoms with Gasteiger partial charge in [-0.25, -0.2) is 0 Å². The van der Waals surface area contributed by atoms with Crippen molar-refractivity contribution in [2.45, 2.75) is 6.92 Å². The third kappa shape index (κ3) is 22400. The van der Waals surface area contributed by atoms with Crippen LogP contribution in [-0.4, -0.2) is 26.4 Å². The number of hydrogen-bond donors (Lipinski definition) is 1. The van der Waals surface area contributed by atoms with Crippen molar-refractivity contribution < 1.29 is 9.69 Å². The van der Waals surface area contributed by atoms with Crippen molar-refractivity contribution in [3.8, 4) is 0 Å². The molecule has 0 saturated carbocycles. The monoisotopic (exact) mass is 138 g/mol. The summed E-state index contributed by atoms with van der Waals surface area (Å²) in [6, 6.07) is 0. The van der Waals surface area contributed by atoms with Gasteiger partial charge in [0.1, 0.15) is 0 Å². The Bertz CT molecular complexity index is 56.7. The number of halogens is 1. The summed E-state index contributed by atoms with van der Waals surface area (Å²) in [5, 5.41) is -0.361. The molecule has 8 heavy (non-hydrogen) atoms. The van der Waals surface area contributed by atoms with Crippen LogP contribution in [0.3, 0.4) is 0 Å². The average Bonchev–Trinajstić information content (AvgIpc) is 1.25. The molecule has 2 nitrogen and oxygen atoms in total. The van der Waals surface area contributed by atoms with Crippen LogP contribution in [0.1, 0.15) is 6.92 Å². The van der Waals surface area contributed by atoms with Crippen molar-refractivity contribution in [3.63, 3.8) is 0 Å². The normalized spacial score (nSPS) is 7.75. The molecule has 0 fully saturated rings. The summed E-state index contributed by atoms with van der Waals surface area (Å²) in [6.07, 6.45) is 0. The van der Waals surface area contributed by atoms with Crippen molar-refractivity contribution in [2.75, 3.05) is 21.1 Å². The van der Waals surface area contributed by atoms with Crippen LogP contribution in [-0.2, 0) is 4.79 Å². The van der Waals surface area contributed by atoms with Crippen LogP contribution in [0.4, 0.5) is 0 Å². The third-order valence-corrected chi connectivity index (χ3v) is 0. The van der Waals surface area contributed by atoms with Gasteiger partial charge in [-0.3, -0.25) is 4.79 Å². The van der Waals surface area contributed by atoms with Gasteiger partial charge < -0.3 is 4.90 Å². The Kier molecular flexibility index (Phi) is 9.36. The van der Waals surface area contributed by atoms with E-state index >= 15 is 0 Å². The molecule has 0 heterocycles. The third-order valence-electron chi connectivity index (χ3n) is 0. The number of hydrogen-bond acceptors (Lipinski definition) is 1. The zero-order valence-corrected chi connectivity index (χ0v) is 6.54. The molecule has 0 aromatic heterocycles. The first-order valence-electron chi connectivity index (χ1n) is 2.39. The predicted octanol–water partition coefficient (Wildman–Crippen LogP) is -0.468. The van der Waals surface area contributed by atoms with E-state index in [-0.39, 0.29) is 5.24 Å². The number of quaternary nitrogens is 1. The van der Waals surface area contributed by atoms with E-state index in [1.54, 1.807) is 0 Å². The summed E-state index contributed by atoms with van der Waals surface area (Å²) in [6.45, 7) is 1.29. The second-order valence-electron chi connectivity index (χ2n) is 1.97. The van der Waals surface area contributed by atoms with E-state index in [0.29, 0.717) is 0 Å². The lowest BCUT2D eigenvalue weighted by atomic mass is 10.9. The Hall–Kier alpha value is -0.0800. The summed E-state index contributed by atoms with van der Waals surface area (Å²) < 4.78 is 0. The van der Waals surface area contributed by atoms with E-state index in [2.05, 4.69) is 32.7 Å². The Labute approximate surface area is 55.4 Å². The molecule has 0 atom stereocenters. The highest BCUT2D eigenvalue weighted by atomic mass is 35.5. The van der Waals surface area contributed by atoms with Crippen molar-refractivity contribution in [1.82, 2.24) is 0 Å². The first-order chi connectivity index (χ1) is 3.46. The van der Waals surface area contributed by atoms with Gasteiger partial charge in [-0.2, -0.15) is 0 Å². The van der Waals surface area contributed by atoms with Gasteiger partial charge in [-0.1, -0.05) is 0 Å². The predicted molar refractivity (Wildman–Crippen MR) is 35.3 cm³/mol. The first-order valence-corrected chi connectivity index (χ1v) is 2.77. The molecule has 0 spiro atoms. The molecule has 50 valence electrons. The largest absolute Gasteiger partial charge is 0.342 e. The number of rotatable bonds is 0. The fraction of sp³-hybridized carbons (Fsp3) is 0.800. The number of carbonyl (C=O) groups excluding carboxylic acids is 1. The van der Waals surface area contributed by atoms with Crippen LogP contribution in [0, 0.1) is 0 Å². The molecule has 0 aromatic carbocycles. The summed E-state index contributed by atoms with van der Waals surface area (Å²) >= 11 is 4.64. The second kappa shape index (κ2) is 6.92. The van der Waals surface area contributed by atoms with E-state index in [0.717, 1.165) is 0 Å². The maximum atomic E-state index is 9.21. The highest BCUT2D eigenvalue weighted by molar-refractivity contribution is 6.62. The molecule has 0 unspecified atom stereocenters. The minimum Gasteiger partial charge on any atom is -0.342 e. The van der Waals surface area contributed by atoms with E-state index < -0.39 is 0 Å². The first kappa shape index (κ1) is 10.8. The summed E-state index contributed by atoms with van der Waals surface area (Å²) in [4.78, 5) is 10.6. The van der Waals surface area contributed by atoms with Gasteiger partial charge in [-0.15, -0.1) is 0 Å². The lowest BCUT2D eigenvalue weighted by molar-refractivity contribution is -0.836. The summed E-state index contributed by atoms with van der Waals surface area (Å²) in [5.41, 5.74) is 0. The molecule has 0 amide bonds. The van der Waals surface area contributed by atoms with E-state index in [1.807, 2.05) is 0 Å². The van der Waals surface area contributed by atoms with Gasteiger partial charge >= 0.3 is 0 Å². The minimum atomic E-state index is -0.361. The van der Waals surface area contributed by atoms with Gasteiger partial charge in [0.2, 0.25) is 5.24 Å². The van der Waals surface area contributed by atoms with Crippen LogP contribution < -0.4 is 4.90 Å². The molecule has 0 aliphatic heterocycles. The van der Waals surface area contributed by atoms with E-state index in [4.69, 9.17) is 0 Å². The van der Waals surface area contributed by atoms with Crippen molar-refractivity contribution in [3.05, 3.63) is 0 Å². The molecule has 3 heteroatoms. The SMILES string of the molecule is CC(=O)Cl.C[NH+](C)C. The van der Waals surface area contributed by atoms with Crippen LogP contribution in [0.15, 0.2) is 0 Å². The van der Waals surface area contributed by atoms with E-state index in [1.165, 1.54) is 11.8 Å². The molecule has 0 rings (SSSR count). The molecule has 0 aliphatic rings. The molecule has 0 aliphatic carbocycles. The highest BCUT2D eigenvalue weighted by Crippen LogP contribution is 1.67. The zero-order valence-electron chi connectivity index (χ0n) is 5.79. The quantitative estimate of drug-likeness (QED) is 0.450. The second-order valence-corrected chi connectivity index (χ2v) is 2.50. The molecule has 0 aromatic rings. The maximum absolute atomic E-state index is 9.21. The van der Waals surface area contributed by atoms with Crippen LogP contribution in [0.25, 0.3) is 0 Å². The standard InChI is InChI=1S/C3H9N.C2H3ClO/c1-4(2)3;1-2(3)4/h1-3H3;1H3/p+1. The Balaban J connectivity index is 0. The Morgan fingerprint density at radius 1 is 1.38 bits per heavy atom. The molecule has 0 bridgehead atoms. The van der Waals surface area contributed by atoms with Gasteiger partial charge in [0.25, 0.3) is 0 Å². The highest BCUT2D eigenvalue weighted by Gasteiger charge is 1.67. The lowest BCUT2D eigenvalue weighted by Crippen LogP contribution is -3.02. The Morgan fingerprint density at radius 2 is 1.38 bits per heavy atom. The molecule has 0 radical (unpaired) electrons. The zero-order chi connectivity index (χ0) is 7.15. The van der Waals surface area contributed by atoms with Crippen molar-refractivity contribution >= 4 is 16.8 Å². The molecular formula is C5H13ClNO+. The number of nitrogens with one attached hydrogen (secondary N) is 1. The topological polar surface area (TPSA) is 21.5 Å². The molecular weight excluding hydrogens is 126 g/mol. The lowest BCUT2D eigenvalue weighted by Gasteiger charge is -1.88. The molecule has 0 saturated heterocycles. The fourth-order valence-corrected chi connectivity index (χ4v) is 0. The van der Waals surface area contributed by atoms with Crippen molar-refractivity contribution in [1.29, 1.82) is 0 Å². The van der Waals surface area contributed by atoms with Crippen LogP contribution in [0.2, 0.25) is 0 Å². The van der Waals surface area contributed by atoms with Crippen LogP contribution in [0.5, 0.6) is 0 Å². The van der Waals surface area contributed by atoms with Gasteiger partial charge in [0.05, 0.1) is 21.1 Å². The average molecular weight is 139 g/mol. The fourth-order valence-electron chi connectivity index (χ4n) is 0. The molecule has 1 N–H and O–H groups in total. The minimum absolute atomic E-state index is 0.361. The van der Waals surface area contributed by atoms with E-state index in [9.17, 15) is 4.79 Å². The smallest absolute Gasteiger partial charge is 0.218 e. The summed E-state index contributed by atoms with van der Waals surface area (Å²) in [5.74, 6) is 0. The van der Waals surface area contributed by atoms with Gasteiger partial charge in [0.15, 0.2) is 0 Å². The summed E-state index contributed by atoms with van der Waals surface area (Å²) in [7, 11) is 6.25. The number of carbonyl (C=O) groups is 1. The van der Waals surface area contributed by atoms with Crippen LogP contribution >= 0.6 is 11.6 Å². The van der Waals surface area contributed by atoms with Crippen molar-refractivity contribution in [2.24, 2.45) is 0 Å². The Morgan fingerprint density at radius 3 is 1.38 bits per heavy atom.